The molecule has 2 nitrogen and oxygen atoms in total. The monoisotopic (exact) mass is 317 g/mol. The average molecular weight is 318 g/mol. The summed E-state index contributed by atoms with van der Waals surface area (Å²) < 4.78 is 0.971. The van der Waals surface area contributed by atoms with Crippen molar-refractivity contribution >= 4 is 21.8 Å². The fraction of sp³-hybridized carbons (Fsp3) is 0.188. The van der Waals surface area contributed by atoms with E-state index >= 15 is 0 Å². The molecule has 2 aromatic rings. The van der Waals surface area contributed by atoms with Gasteiger partial charge in [-0.3, -0.25) is 4.79 Å². The van der Waals surface area contributed by atoms with Gasteiger partial charge in [-0.2, -0.15) is 0 Å². The third kappa shape index (κ3) is 3.67. The summed E-state index contributed by atoms with van der Waals surface area (Å²) in [7, 11) is 0. The smallest absolute Gasteiger partial charge is 0.251 e. The summed E-state index contributed by atoms with van der Waals surface area (Å²) in [6.07, 6.45) is 0. The van der Waals surface area contributed by atoms with Crippen LogP contribution in [0, 0.1) is 13.8 Å². The van der Waals surface area contributed by atoms with Crippen molar-refractivity contribution in [1.29, 1.82) is 0 Å². The maximum Gasteiger partial charge on any atom is 0.251 e. The Morgan fingerprint density at radius 2 is 1.79 bits per heavy atom. The molecule has 0 bridgehead atoms. The van der Waals surface area contributed by atoms with Gasteiger partial charge in [-0.1, -0.05) is 39.7 Å². The molecule has 2 rings (SSSR count). The molecular weight excluding hydrogens is 302 g/mol. The summed E-state index contributed by atoms with van der Waals surface area (Å²) in [4.78, 5) is 12.0. The predicted octanol–water partition coefficient (Wildman–Crippen LogP) is 4.00. The Morgan fingerprint density at radius 1 is 1.11 bits per heavy atom. The molecule has 0 saturated carbocycles. The Hall–Kier alpha value is -1.61. The van der Waals surface area contributed by atoms with Crippen LogP contribution in [0.2, 0.25) is 0 Å². The van der Waals surface area contributed by atoms with Crippen LogP contribution >= 0.6 is 15.9 Å². The zero-order chi connectivity index (χ0) is 13.8. The average Bonchev–Trinajstić information content (AvgIpc) is 2.38. The minimum absolute atomic E-state index is 0.0486. The number of hydrogen-bond donors (Lipinski definition) is 1. The molecule has 0 spiro atoms. The SMILES string of the molecule is Cc1ccc(CNC(=O)c2ccc(Br)cc2)c(C)c1. The molecule has 1 N–H and O–H groups in total. The zero-order valence-electron chi connectivity index (χ0n) is 11.0. The Bertz CT molecular complexity index is 590. The fourth-order valence-corrected chi connectivity index (χ4v) is 2.19. The molecule has 19 heavy (non-hydrogen) atoms. The Balaban J connectivity index is 2.02. The van der Waals surface area contributed by atoms with E-state index in [1.54, 1.807) is 12.1 Å². The van der Waals surface area contributed by atoms with Gasteiger partial charge in [0.2, 0.25) is 0 Å². The number of amides is 1. The quantitative estimate of drug-likeness (QED) is 0.911. The maximum atomic E-state index is 12.0. The number of carbonyl (C=O) groups is 1. The minimum Gasteiger partial charge on any atom is -0.348 e. The number of rotatable bonds is 3. The summed E-state index contributed by atoms with van der Waals surface area (Å²) in [5, 5.41) is 2.94. The van der Waals surface area contributed by atoms with Gasteiger partial charge in [0.05, 0.1) is 0 Å². The summed E-state index contributed by atoms with van der Waals surface area (Å²) in [5.74, 6) is -0.0486. The lowest BCUT2D eigenvalue weighted by molar-refractivity contribution is 0.0951. The van der Waals surface area contributed by atoms with Gasteiger partial charge in [0.15, 0.2) is 0 Å². The van der Waals surface area contributed by atoms with Gasteiger partial charge in [-0.15, -0.1) is 0 Å². The molecule has 0 saturated heterocycles. The number of nitrogens with one attached hydrogen (secondary N) is 1. The molecule has 0 aliphatic carbocycles. The van der Waals surface area contributed by atoms with Gasteiger partial charge in [-0.05, 0) is 49.2 Å². The van der Waals surface area contributed by atoms with Crippen LogP contribution in [0.25, 0.3) is 0 Å². The van der Waals surface area contributed by atoms with Crippen LogP contribution in [0.5, 0.6) is 0 Å². The van der Waals surface area contributed by atoms with Crippen LogP contribution in [-0.4, -0.2) is 5.91 Å². The van der Waals surface area contributed by atoms with Crippen molar-refractivity contribution in [3.63, 3.8) is 0 Å². The maximum absolute atomic E-state index is 12.0. The third-order valence-electron chi connectivity index (χ3n) is 3.04. The highest BCUT2D eigenvalue weighted by Gasteiger charge is 2.05. The van der Waals surface area contributed by atoms with E-state index in [-0.39, 0.29) is 5.91 Å². The Kier molecular flexibility index (Phi) is 4.38. The number of aryl methyl sites for hydroxylation is 2. The van der Waals surface area contributed by atoms with Crippen molar-refractivity contribution < 1.29 is 4.79 Å². The first-order chi connectivity index (χ1) is 9.06. The van der Waals surface area contributed by atoms with Crippen LogP contribution in [-0.2, 0) is 6.54 Å². The Labute approximate surface area is 122 Å². The van der Waals surface area contributed by atoms with Gasteiger partial charge in [-0.25, -0.2) is 0 Å². The van der Waals surface area contributed by atoms with Gasteiger partial charge in [0.1, 0.15) is 0 Å². The first-order valence-electron chi connectivity index (χ1n) is 6.16. The lowest BCUT2D eigenvalue weighted by atomic mass is 10.1. The lowest BCUT2D eigenvalue weighted by Crippen LogP contribution is -2.23. The number of carbonyl (C=O) groups excluding carboxylic acids is 1. The first kappa shape index (κ1) is 13.8. The second kappa shape index (κ2) is 6.02. The molecule has 0 heterocycles. The first-order valence-corrected chi connectivity index (χ1v) is 6.95. The summed E-state index contributed by atoms with van der Waals surface area (Å²) >= 11 is 3.35. The molecule has 0 fully saturated rings. The van der Waals surface area contributed by atoms with Crippen molar-refractivity contribution in [1.82, 2.24) is 5.32 Å². The van der Waals surface area contributed by atoms with Crippen molar-refractivity contribution in [2.24, 2.45) is 0 Å². The van der Waals surface area contributed by atoms with Crippen molar-refractivity contribution in [2.45, 2.75) is 20.4 Å². The van der Waals surface area contributed by atoms with Gasteiger partial charge in [0.25, 0.3) is 5.91 Å². The van der Waals surface area contributed by atoms with E-state index in [0.717, 1.165) is 10.0 Å². The standard InChI is InChI=1S/C16H16BrNO/c1-11-3-4-14(12(2)9-11)10-18-16(19)13-5-7-15(17)8-6-13/h3-9H,10H2,1-2H3,(H,18,19). The predicted molar refractivity (Wildman–Crippen MR) is 81.2 cm³/mol. The molecular formula is C16H16BrNO. The van der Waals surface area contributed by atoms with E-state index in [4.69, 9.17) is 0 Å². The summed E-state index contributed by atoms with van der Waals surface area (Å²) in [6.45, 7) is 4.69. The van der Waals surface area contributed by atoms with Crippen LogP contribution in [0.15, 0.2) is 46.9 Å². The highest BCUT2D eigenvalue weighted by Crippen LogP contribution is 2.12. The largest absolute Gasteiger partial charge is 0.348 e. The van der Waals surface area contributed by atoms with Crippen LogP contribution in [0.4, 0.5) is 0 Å². The van der Waals surface area contributed by atoms with E-state index in [2.05, 4.69) is 53.3 Å². The van der Waals surface area contributed by atoms with Crippen LogP contribution in [0.3, 0.4) is 0 Å². The topological polar surface area (TPSA) is 29.1 Å². The fourth-order valence-electron chi connectivity index (χ4n) is 1.92. The molecule has 0 aromatic heterocycles. The van der Waals surface area contributed by atoms with E-state index in [1.165, 1.54) is 11.1 Å². The van der Waals surface area contributed by atoms with E-state index < -0.39 is 0 Å². The number of halogens is 1. The van der Waals surface area contributed by atoms with E-state index in [1.807, 2.05) is 12.1 Å². The molecule has 3 heteroatoms. The molecule has 0 radical (unpaired) electrons. The molecule has 98 valence electrons. The molecule has 1 amide bonds. The van der Waals surface area contributed by atoms with E-state index in [9.17, 15) is 4.79 Å². The second-order valence-corrected chi connectivity index (χ2v) is 5.54. The molecule has 2 aromatic carbocycles. The zero-order valence-corrected chi connectivity index (χ0v) is 12.6. The third-order valence-corrected chi connectivity index (χ3v) is 3.57. The van der Waals surface area contributed by atoms with Crippen LogP contribution in [0.1, 0.15) is 27.0 Å². The normalized spacial score (nSPS) is 10.3. The molecule has 0 atom stereocenters. The molecule has 0 aliphatic rings. The minimum atomic E-state index is -0.0486. The van der Waals surface area contributed by atoms with Crippen molar-refractivity contribution in [3.05, 3.63) is 69.2 Å². The van der Waals surface area contributed by atoms with Gasteiger partial charge < -0.3 is 5.32 Å². The Morgan fingerprint density at radius 3 is 2.42 bits per heavy atom. The van der Waals surface area contributed by atoms with Gasteiger partial charge >= 0.3 is 0 Å². The molecule has 0 aliphatic heterocycles. The van der Waals surface area contributed by atoms with Crippen LogP contribution < -0.4 is 5.32 Å². The highest BCUT2D eigenvalue weighted by molar-refractivity contribution is 9.10. The number of hydrogen-bond acceptors (Lipinski definition) is 1. The summed E-state index contributed by atoms with van der Waals surface area (Å²) in [6, 6.07) is 13.6. The van der Waals surface area contributed by atoms with E-state index in [0.29, 0.717) is 12.1 Å². The van der Waals surface area contributed by atoms with Crippen molar-refractivity contribution in [3.8, 4) is 0 Å². The second-order valence-electron chi connectivity index (χ2n) is 4.62. The van der Waals surface area contributed by atoms with Gasteiger partial charge in [0, 0.05) is 16.6 Å². The number of benzene rings is 2. The molecule has 0 unspecified atom stereocenters. The highest BCUT2D eigenvalue weighted by atomic mass is 79.9. The lowest BCUT2D eigenvalue weighted by Gasteiger charge is -2.09. The van der Waals surface area contributed by atoms with Crippen molar-refractivity contribution in [2.75, 3.05) is 0 Å². The summed E-state index contributed by atoms with van der Waals surface area (Å²) in [5.41, 5.74) is 4.26.